The molecule has 4 aromatic rings. The van der Waals surface area contributed by atoms with Crippen molar-refractivity contribution >= 4 is 18.1 Å². The third-order valence-corrected chi connectivity index (χ3v) is 4.66. The molecule has 2 heterocycles. The van der Waals surface area contributed by atoms with E-state index in [1.807, 2.05) is 30.5 Å². The number of carboxylic acid groups (broad SMARTS) is 1. The number of benzene rings is 2. The molecule has 0 radical (unpaired) electrons. The van der Waals surface area contributed by atoms with Crippen LogP contribution in [0.2, 0.25) is 0 Å². The van der Waals surface area contributed by atoms with E-state index in [1.54, 1.807) is 36.1 Å². The number of ether oxygens (including phenoxy) is 1. The summed E-state index contributed by atoms with van der Waals surface area (Å²) >= 11 is 0. The lowest BCUT2D eigenvalue weighted by Gasteiger charge is -2.03. The van der Waals surface area contributed by atoms with Crippen LogP contribution in [0.1, 0.15) is 21.6 Å². The number of nitrogens with zero attached hydrogens (tertiary/aromatic N) is 3. The highest BCUT2D eigenvalue weighted by Gasteiger charge is 2.11. The van der Waals surface area contributed by atoms with Gasteiger partial charge in [0.2, 0.25) is 0 Å². The Kier molecular flexibility index (Phi) is 5.57. The van der Waals surface area contributed by atoms with Crippen molar-refractivity contribution in [2.75, 3.05) is 7.11 Å². The topological polar surface area (TPSA) is 77.2 Å². The Labute approximate surface area is 177 Å². The van der Waals surface area contributed by atoms with E-state index in [4.69, 9.17) is 4.74 Å². The molecule has 2 aromatic heterocycles. The molecule has 0 saturated heterocycles. The SMILES string of the molecule is COc1ccc(-n2cc(/C=C/c3cc(C(=O)O)ccn3)c(-c3ccc(F)cc3)n2)cc1. The molecule has 0 aliphatic carbocycles. The van der Waals surface area contributed by atoms with Gasteiger partial charge in [-0.15, -0.1) is 0 Å². The minimum Gasteiger partial charge on any atom is -0.497 e. The Morgan fingerprint density at radius 1 is 1.06 bits per heavy atom. The maximum absolute atomic E-state index is 13.4. The normalized spacial score (nSPS) is 11.0. The van der Waals surface area contributed by atoms with E-state index in [0.29, 0.717) is 11.4 Å². The molecule has 0 aliphatic heterocycles. The highest BCUT2D eigenvalue weighted by molar-refractivity contribution is 5.88. The first-order valence-electron chi connectivity index (χ1n) is 9.41. The molecular formula is C24H18FN3O3. The second-order valence-electron chi connectivity index (χ2n) is 6.69. The van der Waals surface area contributed by atoms with Gasteiger partial charge in [-0.3, -0.25) is 4.98 Å². The average molecular weight is 415 g/mol. The van der Waals surface area contributed by atoms with Crippen LogP contribution in [0, 0.1) is 5.82 Å². The second-order valence-corrected chi connectivity index (χ2v) is 6.69. The summed E-state index contributed by atoms with van der Waals surface area (Å²) in [5.74, 6) is -0.610. The molecule has 0 atom stereocenters. The molecule has 0 unspecified atom stereocenters. The monoisotopic (exact) mass is 415 g/mol. The number of hydrogen-bond acceptors (Lipinski definition) is 4. The largest absolute Gasteiger partial charge is 0.497 e. The molecule has 7 heteroatoms. The highest BCUT2D eigenvalue weighted by Crippen LogP contribution is 2.26. The lowest BCUT2D eigenvalue weighted by atomic mass is 10.1. The van der Waals surface area contributed by atoms with Gasteiger partial charge in [-0.25, -0.2) is 13.9 Å². The Balaban J connectivity index is 1.75. The number of hydrogen-bond donors (Lipinski definition) is 1. The molecule has 0 amide bonds. The van der Waals surface area contributed by atoms with Crippen molar-refractivity contribution < 1.29 is 19.0 Å². The van der Waals surface area contributed by atoms with Gasteiger partial charge < -0.3 is 9.84 Å². The fourth-order valence-corrected chi connectivity index (χ4v) is 3.06. The molecule has 6 nitrogen and oxygen atoms in total. The van der Waals surface area contributed by atoms with Crippen LogP contribution < -0.4 is 4.74 Å². The van der Waals surface area contributed by atoms with E-state index >= 15 is 0 Å². The molecular weight excluding hydrogens is 397 g/mol. The van der Waals surface area contributed by atoms with E-state index in [1.165, 1.54) is 30.5 Å². The van der Waals surface area contributed by atoms with Crippen molar-refractivity contribution in [2.24, 2.45) is 0 Å². The van der Waals surface area contributed by atoms with Crippen LogP contribution in [0.3, 0.4) is 0 Å². The van der Waals surface area contributed by atoms with E-state index in [2.05, 4.69) is 10.1 Å². The van der Waals surface area contributed by atoms with Gasteiger partial charge in [0.1, 0.15) is 11.6 Å². The quantitative estimate of drug-likeness (QED) is 0.482. The number of methoxy groups -OCH3 is 1. The molecule has 31 heavy (non-hydrogen) atoms. The maximum atomic E-state index is 13.4. The van der Waals surface area contributed by atoms with E-state index in [0.717, 1.165) is 22.6 Å². The van der Waals surface area contributed by atoms with Crippen LogP contribution in [-0.4, -0.2) is 33.0 Å². The fraction of sp³-hybridized carbons (Fsp3) is 0.0417. The molecule has 0 spiro atoms. The number of carboxylic acids is 1. The Hall–Kier alpha value is -4.26. The lowest BCUT2D eigenvalue weighted by Crippen LogP contribution is -1.96. The van der Waals surface area contributed by atoms with Gasteiger partial charge in [-0.05, 0) is 72.8 Å². The first-order valence-corrected chi connectivity index (χ1v) is 9.41. The predicted octanol–water partition coefficient (Wildman–Crippen LogP) is 4.95. The maximum Gasteiger partial charge on any atom is 0.335 e. The predicted molar refractivity (Wildman–Crippen MR) is 116 cm³/mol. The summed E-state index contributed by atoms with van der Waals surface area (Å²) in [7, 11) is 1.60. The Bertz CT molecular complexity index is 1250. The zero-order chi connectivity index (χ0) is 21.8. The van der Waals surface area contributed by atoms with E-state index in [-0.39, 0.29) is 11.4 Å². The Morgan fingerprint density at radius 3 is 2.48 bits per heavy atom. The van der Waals surface area contributed by atoms with Gasteiger partial charge in [-0.1, -0.05) is 0 Å². The van der Waals surface area contributed by atoms with Crippen LogP contribution in [-0.2, 0) is 0 Å². The second kappa shape index (κ2) is 8.62. The summed E-state index contributed by atoms with van der Waals surface area (Å²) in [4.78, 5) is 15.4. The summed E-state index contributed by atoms with van der Waals surface area (Å²) in [6.45, 7) is 0. The van der Waals surface area contributed by atoms with Gasteiger partial charge in [0, 0.05) is 23.5 Å². The minimum absolute atomic E-state index is 0.155. The van der Waals surface area contributed by atoms with Gasteiger partial charge in [0.25, 0.3) is 0 Å². The molecule has 154 valence electrons. The molecule has 0 aliphatic rings. The van der Waals surface area contributed by atoms with Crippen LogP contribution in [0.4, 0.5) is 4.39 Å². The van der Waals surface area contributed by atoms with Crippen LogP contribution in [0.25, 0.3) is 29.1 Å². The molecule has 4 rings (SSSR count). The number of pyridine rings is 1. The summed E-state index contributed by atoms with van der Waals surface area (Å²) < 4.78 is 20.3. The lowest BCUT2D eigenvalue weighted by molar-refractivity contribution is 0.0696. The number of rotatable bonds is 6. The molecule has 2 aromatic carbocycles. The number of aromatic carboxylic acids is 1. The number of halogens is 1. The average Bonchev–Trinajstić information content (AvgIpc) is 3.22. The molecule has 1 N–H and O–H groups in total. The zero-order valence-corrected chi connectivity index (χ0v) is 16.6. The van der Waals surface area contributed by atoms with Crippen molar-refractivity contribution in [2.45, 2.75) is 0 Å². The number of aromatic nitrogens is 3. The van der Waals surface area contributed by atoms with Crippen molar-refractivity contribution in [1.29, 1.82) is 0 Å². The first-order chi connectivity index (χ1) is 15.0. The third-order valence-electron chi connectivity index (χ3n) is 4.66. The van der Waals surface area contributed by atoms with Crippen LogP contribution in [0.15, 0.2) is 73.1 Å². The Morgan fingerprint density at radius 2 is 1.81 bits per heavy atom. The first kappa shape index (κ1) is 20.0. The minimum atomic E-state index is -1.02. The van der Waals surface area contributed by atoms with Gasteiger partial charge >= 0.3 is 5.97 Å². The van der Waals surface area contributed by atoms with Crippen molar-refractivity contribution in [3.63, 3.8) is 0 Å². The van der Waals surface area contributed by atoms with Gasteiger partial charge in [0.05, 0.1) is 29.7 Å². The standard InChI is InChI=1S/C24H18FN3O3/c1-31-22-10-8-21(9-11-22)28-15-18(23(27-28)16-2-5-19(25)6-3-16)4-7-20-14-17(24(29)30)12-13-26-20/h2-15H,1H3,(H,29,30)/b7-4+. The molecule has 0 bridgehead atoms. The van der Waals surface area contributed by atoms with Crippen molar-refractivity contribution in [1.82, 2.24) is 14.8 Å². The zero-order valence-electron chi connectivity index (χ0n) is 16.6. The molecule has 0 saturated carbocycles. The van der Waals surface area contributed by atoms with Crippen molar-refractivity contribution in [3.05, 3.63) is 95.7 Å². The van der Waals surface area contributed by atoms with E-state index in [9.17, 15) is 14.3 Å². The third kappa shape index (κ3) is 4.51. The number of carbonyl (C=O) groups is 1. The summed E-state index contributed by atoms with van der Waals surface area (Å²) in [6, 6.07) is 16.5. The van der Waals surface area contributed by atoms with E-state index < -0.39 is 5.97 Å². The van der Waals surface area contributed by atoms with Crippen LogP contribution in [0.5, 0.6) is 5.75 Å². The summed E-state index contributed by atoms with van der Waals surface area (Å²) in [5, 5.41) is 13.9. The summed E-state index contributed by atoms with van der Waals surface area (Å²) in [6.07, 6.45) is 6.82. The van der Waals surface area contributed by atoms with Gasteiger partial charge in [-0.2, -0.15) is 5.10 Å². The highest BCUT2D eigenvalue weighted by atomic mass is 19.1. The van der Waals surface area contributed by atoms with Crippen molar-refractivity contribution in [3.8, 4) is 22.7 Å². The fourth-order valence-electron chi connectivity index (χ4n) is 3.06. The van der Waals surface area contributed by atoms with Crippen LogP contribution >= 0.6 is 0 Å². The van der Waals surface area contributed by atoms with Gasteiger partial charge in [0.15, 0.2) is 0 Å². The smallest absolute Gasteiger partial charge is 0.335 e. The molecule has 0 fully saturated rings. The summed E-state index contributed by atoms with van der Waals surface area (Å²) in [5.41, 5.74) is 3.66.